The van der Waals surface area contributed by atoms with Crippen LogP contribution in [-0.2, 0) is 11.3 Å². The Balaban J connectivity index is 2.45. The van der Waals surface area contributed by atoms with Crippen LogP contribution in [0.1, 0.15) is 18.5 Å². The van der Waals surface area contributed by atoms with Gasteiger partial charge in [-0.1, -0.05) is 11.3 Å². The van der Waals surface area contributed by atoms with Crippen molar-refractivity contribution in [3.8, 4) is 0 Å². The van der Waals surface area contributed by atoms with Crippen molar-refractivity contribution in [3.63, 3.8) is 0 Å². The maximum atomic E-state index is 11.3. The zero-order chi connectivity index (χ0) is 11.4. The Hall–Kier alpha value is -1.10. The van der Waals surface area contributed by atoms with Crippen molar-refractivity contribution in [3.05, 3.63) is 20.7 Å². The van der Waals surface area contributed by atoms with E-state index >= 15 is 0 Å². The molecule has 0 N–H and O–H groups in total. The zero-order valence-corrected chi connectivity index (χ0v) is 10.1. The standard InChI is InChI=1S/C10H16N2O2S/c1-8-7-15-10(14)12(8)6-4-5-9(13)11(2)3/h7H,4-6H2,1-3H3. The fourth-order valence-corrected chi connectivity index (χ4v) is 2.05. The van der Waals surface area contributed by atoms with Crippen molar-refractivity contribution in [2.75, 3.05) is 14.1 Å². The molecule has 1 rings (SSSR count). The summed E-state index contributed by atoms with van der Waals surface area (Å²) in [4.78, 5) is 24.3. The summed E-state index contributed by atoms with van der Waals surface area (Å²) in [5.41, 5.74) is 0.974. The molecule has 4 nitrogen and oxygen atoms in total. The van der Waals surface area contributed by atoms with Gasteiger partial charge >= 0.3 is 4.87 Å². The van der Waals surface area contributed by atoms with E-state index in [0.717, 1.165) is 5.69 Å². The SMILES string of the molecule is Cc1csc(=O)n1CCCC(=O)N(C)C. The van der Waals surface area contributed by atoms with E-state index in [1.165, 1.54) is 11.3 Å². The predicted octanol–water partition coefficient (Wildman–Crippen LogP) is 1.09. The van der Waals surface area contributed by atoms with Gasteiger partial charge in [0.15, 0.2) is 0 Å². The first-order valence-electron chi connectivity index (χ1n) is 4.87. The summed E-state index contributed by atoms with van der Waals surface area (Å²) in [7, 11) is 3.48. The molecule has 0 saturated heterocycles. The zero-order valence-electron chi connectivity index (χ0n) is 9.32. The molecule has 0 aromatic carbocycles. The van der Waals surface area contributed by atoms with Crippen LogP contribution in [0.15, 0.2) is 10.2 Å². The van der Waals surface area contributed by atoms with Gasteiger partial charge < -0.3 is 9.47 Å². The van der Waals surface area contributed by atoms with E-state index in [4.69, 9.17) is 0 Å². The van der Waals surface area contributed by atoms with Gasteiger partial charge in [0.25, 0.3) is 0 Å². The average Bonchev–Trinajstić information content (AvgIpc) is 2.48. The van der Waals surface area contributed by atoms with Crippen LogP contribution in [-0.4, -0.2) is 29.5 Å². The van der Waals surface area contributed by atoms with E-state index in [9.17, 15) is 9.59 Å². The highest BCUT2D eigenvalue weighted by atomic mass is 32.1. The molecule has 1 aromatic rings. The second-order valence-corrected chi connectivity index (χ2v) is 4.51. The average molecular weight is 228 g/mol. The predicted molar refractivity (Wildman–Crippen MR) is 61.2 cm³/mol. The normalized spacial score (nSPS) is 10.3. The summed E-state index contributed by atoms with van der Waals surface area (Å²) < 4.78 is 1.72. The minimum Gasteiger partial charge on any atom is -0.349 e. The number of rotatable bonds is 4. The second kappa shape index (κ2) is 5.11. The first-order valence-corrected chi connectivity index (χ1v) is 5.75. The fraction of sp³-hybridized carbons (Fsp3) is 0.600. The lowest BCUT2D eigenvalue weighted by Crippen LogP contribution is -2.22. The number of carbonyl (C=O) groups is 1. The topological polar surface area (TPSA) is 42.3 Å². The number of carbonyl (C=O) groups excluding carboxylic acids is 1. The number of aromatic nitrogens is 1. The highest BCUT2D eigenvalue weighted by Gasteiger charge is 2.06. The Bertz CT molecular complexity index is 392. The van der Waals surface area contributed by atoms with Gasteiger partial charge in [-0.25, -0.2) is 0 Å². The summed E-state index contributed by atoms with van der Waals surface area (Å²) in [5, 5.41) is 1.84. The Kier molecular flexibility index (Phi) is 4.08. The van der Waals surface area contributed by atoms with Crippen LogP contribution in [0.3, 0.4) is 0 Å². The van der Waals surface area contributed by atoms with Gasteiger partial charge in [-0.3, -0.25) is 9.59 Å². The second-order valence-electron chi connectivity index (χ2n) is 3.69. The van der Waals surface area contributed by atoms with Crippen LogP contribution in [0, 0.1) is 6.92 Å². The van der Waals surface area contributed by atoms with E-state index in [-0.39, 0.29) is 10.8 Å². The highest BCUT2D eigenvalue weighted by Crippen LogP contribution is 2.02. The quantitative estimate of drug-likeness (QED) is 0.774. The first-order chi connectivity index (χ1) is 7.02. The van der Waals surface area contributed by atoms with E-state index in [1.54, 1.807) is 23.6 Å². The number of aryl methyl sites for hydroxylation is 1. The van der Waals surface area contributed by atoms with Gasteiger partial charge in [0.2, 0.25) is 5.91 Å². The highest BCUT2D eigenvalue weighted by molar-refractivity contribution is 7.07. The fourth-order valence-electron chi connectivity index (χ4n) is 1.29. The van der Waals surface area contributed by atoms with Gasteiger partial charge in [0.1, 0.15) is 0 Å². The van der Waals surface area contributed by atoms with Crippen LogP contribution in [0.2, 0.25) is 0 Å². The largest absolute Gasteiger partial charge is 0.349 e. The van der Waals surface area contributed by atoms with Crippen LogP contribution < -0.4 is 4.87 Å². The van der Waals surface area contributed by atoms with Crippen molar-refractivity contribution in [1.29, 1.82) is 0 Å². The number of amides is 1. The Morgan fingerprint density at radius 2 is 2.20 bits per heavy atom. The Morgan fingerprint density at radius 3 is 2.67 bits per heavy atom. The van der Waals surface area contributed by atoms with Crippen molar-refractivity contribution >= 4 is 17.2 Å². The van der Waals surface area contributed by atoms with Gasteiger partial charge in [-0.15, -0.1) is 0 Å². The van der Waals surface area contributed by atoms with Crippen LogP contribution >= 0.6 is 11.3 Å². The number of hydrogen-bond donors (Lipinski definition) is 0. The molecule has 1 heterocycles. The molecule has 0 aliphatic heterocycles. The molecular formula is C10H16N2O2S. The lowest BCUT2D eigenvalue weighted by Gasteiger charge is -2.10. The molecule has 5 heteroatoms. The van der Waals surface area contributed by atoms with E-state index in [0.29, 0.717) is 19.4 Å². The number of hydrogen-bond acceptors (Lipinski definition) is 3. The van der Waals surface area contributed by atoms with E-state index in [1.807, 2.05) is 12.3 Å². The molecule has 84 valence electrons. The van der Waals surface area contributed by atoms with Crippen LogP contribution in [0.25, 0.3) is 0 Å². The Labute approximate surface area is 93.1 Å². The summed E-state index contributed by atoms with van der Waals surface area (Å²) >= 11 is 1.21. The third-order valence-corrected chi connectivity index (χ3v) is 3.13. The number of nitrogens with zero attached hydrogens (tertiary/aromatic N) is 2. The lowest BCUT2D eigenvalue weighted by atomic mass is 10.3. The molecule has 1 amide bonds. The summed E-state index contributed by atoms with van der Waals surface area (Å²) in [6, 6.07) is 0. The molecule has 1 aromatic heterocycles. The van der Waals surface area contributed by atoms with E-state index < -0.39 is 0 Å². The van der Waals surface area contributed by atoms with Crippen molar-refractivity contribution in [1.82, 2.24) is 9.47 Å². The maximum absolute atomic E-state index is 11.3. The minimum atomic E-state index is 0.0600. The molecule has 0 bridgehead atoms. The van der Waals surface area contributed by atoms with Crippen molar-refractivity contribution < 1.29 is 4.79 Å². The molecule has 0 spiro atoms. The third-order valence-electron chi connectivity index (χ3n) is 2.25. The van der Waals surface area contributed by atoms with Crippen LogP contribution in [0.4, 0.5) is 0 Å². The first kappa shape index (κ1) is 12.0. The van der Waals surface area contributed by atoms with Crippen LogP contribution in [0.5, 0.6) is 0 Å². The monoisotopic (exact) mass is 228 g/mol. The lowest BCUT2D eigenvalue weighted by molar-refractivity contribution is -0.128. The van der Waals surface area contributed by atoms with Gasteiger partial charge in [0.05, 0.1) is 0 Å². The molecule has 0 fully saturated rings. The number of thiazole rings is 1. The summed E-state index contributed by atoms with van der Waals surface area (Å²) in [5.74, 6) is 0.107. The molecule has 0 aliphatic carbocycles. The molecule has 0 aliphatic rings. The van der Waals surface area contributed by atoms with Crippen molar-refractivity contribution in [2.24, 2.45) is 0 Å². The molecule has 15 heavy (non-hydrogen) atoms. The van der Waals surface area contributed by atoms with Crippen molar-refractivity contribution in [2.45, 2.75) is 26.3 Å². The maximum Gasteiger partial charge on any atom is 0.307 e. The molecule has 0 radical (unpaired) electrons. The molecule has 0 saturated carbocycles. The van der Waals surface area contributed by atoms with E-state index in [2.05, 4.69) is 0 Å². The Morgan fingerprint density at radius 1 is 1.53 bits per heavy atom. The minimum absolute atomic E-state index is 0.0600. The van der Waals surface area contributed by atoms with Gasteiger partial charge in [-0.05, 0) is 13.3 Å². The van der Waals surface area contributed by atoms with Gasteiger partial charge in [-0.2, -0.15) is 0 Å². The summed E-state index contributed by atoms with van der Waals surface area (Å²) in [6.07, 6.45) is 1.21. The summed E-state index contributed by atoms with van der Waals surface area (Å²) in [6.45, 7) is 2.54. The smallest absolute Gasteiger partial charge is 0.307 e. The van der Waals surface area contributed by atoms with Gasteiger partial charge in [0, 0.05) is 38.1 Å². The molecule has 0 unspecified atom stereocenters. The molecule has 0 atom stereocenters. The molecular weight excluding hydrogens is 212 g/mol. The third kappa shape index (κ3) is 3.20.